The molecule has 0 spiro atoms. The minimum Gasteiger partial charge on any atom is -0.258 e. The molecule has 0 unspecified atom stereocenters. The molecule has 88 valence electrons. The van der Waals surface area contributed by atoms with Gasteiger partial charge in [0, 0.05) is 22.6 Å². The lowest BCUT2D eigenvalue weighted by Gasteiger charge is -2.09. The average Bonchev–Trinajstić information content (AvgIpc) is 2.22. The molecule has 3 heteroatoms. The van der Waals surface area contributed by atoms with Crippen LogP contribution in [-0.2, 0) is 0 Å². The Kier molecular flexibility index (Phi) is 2.92. The van der Waals surface area contributed by atoms with Gasteiger partial charge in [-0.2, -0.15) is 0 Å². The van der Waals surface area contributed by atoms with Crippen molar-refractivity contribution in [3.63, 3.8) is 0 Å². The minimum atomic E-state index is 0.803. The summed E-state index contributed by atoms with van der Waals surface area (Å²) >= 11 is 0. The number of nitrogens with zero attached hydrogens (tertiary/aromatic N) is 3. The zero-order valence-electron chi connectivity index (χ0n) is 11.0. The second-order valence-corrected chi connectivity index (χ2v) is 4.47. The highest BCUT2D eigenvalue weighted by Gasteiger charge is 2.08. The maximum absolute atomic E-state index is 4.55. The van der Waals surface area contributed by atoms with Gasteiger partial charge in [0.1, 0.15) is 5.82 Å². The fourth-order valence-corrected chi connectivity index (χ4v) is 1.94. The fraction of sp³-hybridized carbons (Fsp3) is 0.357. The van der Waals surface area contributed by atoms with Gasteiger partial charge in [-0.15, -0.1) is 0 Å². The molecule has 17 heavy (non-hydrogen) atoms. The van der Waals surface area contributed by atoms with Crippen LogP contribution >= 0.6 is 0 Å². The van der Waals surface area contributed by atoms with Gasteiger partial charge in [-0.1, -0.05) is 0 Å². The highest BCUT2D eigenvalue weighted by molar-refractivity contribution is 5.63. The van der Waals surface area contributed by atoms with Gasteiger partial charge in [-0.3, -0.25) is 4.98 Å². The van der Waals surface area contributed by atoms with Gasteiger partial charge in [-0.25, -0.2) is 9.97 Å². The SMILES string of the molecule is Cc1cc(-c2cc(C)c(C)nc2C)nc(C)n1. The van der Waals surface area contributed by atoms with E-state index in [0.717, 1.165) is 34.2 Å². The molecule has 2 rings (SSSR count). The predicted molar refractivity (Wildman–Crippen MR) is 68.9 cm³/mol. The number of pyridine rings is 1. The summed E-state index contributed by atoms with van der Waals surface area (Å²) in [6, 6.07) is 4.16. The van der Waals surface area contributed by atoms with Gasteiger partial charge in [0.05, 0.1) is 5.69 Å². The Morgan fingerprint density at radius 1 is 0.765 bits per heavy atom. The molecule has 0 saturated carbocycles. The molecule has 0 aliphatic rings. The van der Waals surface area contributed by atoms with Gasteiger partial charge in [-0.05, 0) is 52.3 Å². The summed E-state index contributed by atoms with van der Waals surface area (Å²) in [7, 11) is 0. The monoisotopic (exact) mass is 227 g/mol. The van der Waals surface area contributed by atoms with Crippen LogP contribution in [-0.4, -0.2) is 15.0 Å². The van der Waals surface area contributed by atoms with Crippen LogP contribution in [0.3, 0.4) is 0 Å². The van der Waals surface area contributed by atoms with E-state index in [1.165, 1.54) is 5.56 Å². The second-order valence-electron chi connectivity index (χ2n) is 4.47. The number of hydrogen-bond acceptors (Lipinski definition) is 3. The first-order valence-electron chi connectivity index (χ1n) is 5.75. The molecular formula is C14H17N3. The van der Waals surface area contributed by atoms with Crippen LogP contribution in [0.25, 0.3) is 11.3 Å². The molecule has 3 nitrogen and oxygen atoms in total. The molecule has 0 saturated heterocycles. The van der Waals surface area contributed by atoms with E-state index in [2.05, 4.69) is 27.9 Å². The van der Waals surface area contributed by atoms with Crippen molar-refractivity contribution in [3.8, 4) is 11.3 Å². The van der Waals surface area contributed by atoms with Crippen LogP contribution in [0, 0.1) is 34.6 Å². The molecule has 0 aliphatic heterocycles. The van der Waals surface area contributed by atoms with E-state index in [1.54, 1.807) is 0 Å². The zero-order chi connectivity index (χ0) is 12.6. The third-order valence-electron chi connectivity index (χ3n) is 2.90. The summed E-state index contributed by atoms with van der Waals surface area (Å²) in [6.07, 6.45) is 0. The van der Waals surface area contributed by atoms with E-state index >= 15 is 0 Å². The van der Waals surface area contributed by atoms with Crippen LogP contribution in [0.1, 0.15) is 28.5 Å². The minimum absolute atomic E-state index is 0.803. The van der Waals surface area contributed by atoms with E-state index in [-0.39, 0.29) is 0 Å². The predicted octanol–water partition coefficient (Wildman–Crippen LogP) is 3.08. The van der Waals surface area contributed by atoms with Crippen LogP contribution in [0.2, 0.25) is 0 Å². The summed E-state index contributed by atoms with van der Waals surface area (Å²) in [5.41, 5.74) is 6.34. The van der Waals surface area contributed by atoms with Crippen molar-refractivity contribution in [2.45, 2.75) is 34.6 Å². The fourth-order valence-electron chi connectivity index (χ4n) is 1.94. The third kappa shape index (κ3) is 2.33. The molecule has 0 fully saturated rings. The largest absolute Gasteiger partial charge is 0.258 e. The van der Waals surface area contributed by atoms with Crippen molar-refractivity contribution in [2.75, 3.05) is 0 Å². The third-order valence-corrected chi connectivity index (χ3v) is 2.90. The summed E-state index contributed by atoms with van der Waals surface area (Å²) in [5, 5.41) is 0. The molecule has 0 amide bonds. The number of aryl methyl sites for hydroxylation is 5. The Hall–Kier alpha value is -1.77. The summed E-state index contributed by atoms with van der Waals surface area (Å²) in [5.74, 6) is 0.803. The molecule has 0 radical (unpaired) electrons. The summed E-state index contributed by atoms with van der Waals surface area (Å²) in [4.78, 5) is 13.3. The van der Waals surface area contributed by atoms with Gasteiger partial charge in [0.15, 0.2) is 0 Å². The molecule has 0 aliphatic carbocycles. The lowest BCUT2D eigenvalue weighted by atomic mass is 10.1. The van der Waals surface area contributed by atoms with E-state index < -0.39 is 0 Å². The van der Waals surface area contributed by atoms with Crippen LogP contribution in [0.15, 0.2) is 12.1 Å². The number of rotatable bonds is 1. The lowest BCUT2D eigenvalue weighted by molar-refractivity contribution is 1.01. The van der Waals surface area contributed by atoms with Crippen molar-refractivity contribution in [1.82, 2.24) is 15.0 Å². The quantitative estimate of drug-likeness (QED) is 0.751. The van der Waals surface area contributed by atoms with Crippen LogP contribution < -0.4 is 0 Å². The number of hydrogen-bond donors (Lipinski definition) is 0. The molecule has 2 aromatic heterocycles. The zero-order valence-corrected chi connectivity index (χ0v) is 11.0. The van der Waals surface area contributed by atoms with Crippen molar-refractivity contribution in [1.29, 1.82) is 0 Å². The molecule has 0 bridgehead atoms. The summed E-state index contributed by atoms with van der Waals surface area (Å²) < 4.78 is 0. The molecule has 0 N–H and O–H groups in total. The average molecular weight is 227 g/mol. The van der Waals surface area contributed by atoms with Gasteiger partial charge < -0.3 is 0 Å². The van der Waals surface area contributed by atoms with Gasteiger partial charge >= 0.3 is 0 Å². The topological polar surface area (TPSA) is 38.7 Å². The standard InChI is InChI=1S/C14H17N3/c1-8-6-13(11(4)16-10(8)3)14-7-9(2)15-12(5)17-14/h6-7H,1-5H3. The molecule has 0 aromatic carbocycles. The van der Waals surface area contributed by atoms with Gasteiger partial charge in [0.25, 0.3) is 0 Å². The van der Waals surface area contributed by atoms with E-state index in [0.29, 0.717) is 0 Å². The Bertz CT molecular complexity index is 554. The molecule has 2 aromatic rings. The van der Waals surface area contributed by atoms with Crippen molar-refractivity contribution in [2.24, 2.45) is 0 Å². The van der Waals surface area contributed by atoms with E-state index in [4.69, 9.17) is 0 Å². The first-order chi connectivity index (χ1) is 7.97. The highest BCUT2D eigenvalue weighted by atomic mass is 14.9. The van der Waals surface area contributed by atoms with Crippen molar-refractivity contribution in [3.05, 3.63) is 40.6 Å². The molecular weight excluding hydrogens is 210 g/mol. The lowest BCUT2D eigenvalue weighted by Crippen LogP contribution is -1.98. The maximum Gasteiger partial charge on any atom is 0.126 e. The van der Waals surface area contributed by atoms with Crippen molar-refractivity contribution >= 4 is 0 Å². The van der Waals surface area contributed by atoms with E-state index in [1.807, 2.05) is 33.8 Å². The second kappa shape index (κ2) is 4.24. The Morgan fingerprint density at radius 3 is 2.12 bits per heavy atom. The smallest absolute Gasteiger partial charge is 0.126 e. The van der Waals surface area contributed by atoms with Gasteiger partial charge in [0.2, 0.25) is 0 Å². The highest BCUT2D eigenvalue weighted by Crippen LogP contribution is 2.23. The molecule has 2 heterocycles. The Labute approximate surface area is 102 Å². The summed E-state index contributed by atoms with van der Waals surface area (Å²) in [6.45, 7) is 10.0. The number of aromatic nitrogens is 3. The van der Waals surface area contributed by atoms with E-state index in [9.17, 15) is 0 Å². The van der Waals surface area contributed by atoms with Crippen molar-refractivity contribution < 1.29 is 0 Å². The molecule has 0 atom stereocenters. The first-order valence-corrected chi connectivity index (χ1v) is 5.75. The Morgan fingerprint density at radius 2 is 1.47 bits per heavy atom. The maximum atomic E-state index is 4.55. The van der Waals surface area contributed by atoms with Crippen LogP contribution in [0.4, 0.5) is 0 Å². The normalized spacial score (nSPS) is 10.6. The Balaban J connectivity index is 2.64. The first kappa shape index (κ1) is 11.7. The van der Waals surface area contributed by atoms with Crippen LogP contribution in [0.5, 0.6) is 0 Å².